The van der Waals surface area contributed by atoms with Crippen molar-refractivity contribution in [3.05, 3.63) is 58.5 Å². The van der Waals surface area contributed by atoms with Crippen LogP contribution in [0.2, 0.25) is 10.0 Å². The summed E-state index contributed by atoms with van der Waals surface area (Å²) in [7, 11) is 0. The van der Waals surface area contributed by atoms with Gasteiger partial charge in [-0.15, -0.1) is 10.2 Å². The van der Waals surface area contributed by atoms with Crippen LogP contribution < -0.4 is 0 Å². The first-order chi connectivity index (χ1) is 10.6. The summed E-state index contributed by atoms with van der Waals surface area (Å²) in [4.78, 5) is 4.69. The minimum atomic E-state index is 0.614. The predicted octanol–water partition coefficient (Wildman–Crippen LogP) is 4.56. The third kappa shape index (κ3) is 1.95. The molecule has 0 bridgehead atoms. The molecule has 2 aromatic heterocycles. The molecule has 0 fully saturated rings. The molecule has 0 aliphatic heterocycles. The van der Waals surface area contributed by atoms with Gasteiger partial charge in [0.2, 0.25) is 0 Å². The number of aryl methyl sites for hydroxylation is 1. The van der Waals surface area contributed by atoms with E-state index < -0.39 is 0 Å². The highest BCUT2D eigenvalue weighted by atomic mass is 35.5. The van der Waals surface area contributed by atoms with Crippen LogP contribution in [0.3, 0.4) is 0 Å². The fraction of sp³-hybridized carbons (Fsp3) is 0.0625. The third-order valence-corrected chi connectivity index (χ3v) is 4.18. The van der Waals surface area contributed by atoms with Crippen LogP contribution in [0.5, 0.6) is 0 Å². The standard InChI is InChI=1S/C16H10Cl2N4/c1-9-16-21-19-8-22(16)14-7-10(17)6-12(15(14)20-9)11-4-2-3-5-13(11)18/h2-8H,1H3. The van der Waals surface area contributed by atoms with Gasteiger partial charge in [0.15, 0.2) is 5.65 Å². The van der Waals surface area contributed by atoms with Gasteiger partial charge in [-0.2, -0.15) is 0 Å². The Bertz CT molecular complexity index is 1020. The number of benzene rings is 2. The first-order valence-corrected chi connectivity index (χ1v) is 7.45. The monoisotopic (exact) mass is 328 g/mol. The Hall–Kier alpha value is -2.17. The summed E-state index contributed by atoms with van der Waals surface area (Å²) in [6, 6.07) is 11.4. The molecule has 6 heteroatoms. The van der Waals surface area contributed by atoms with Crippen LogP contribution in [0, 0.1) is 6.92 Å². The van der Waals surface area contributed by atoms with Crippen LogP contribution in [0.25, 0.3) is 27.8 Å². The number of nitrogens with zero attached hydrogens (tertiary/aromatic N) is 4. The zero-order valence-corrected chi connectivity index (χ0v) is 13.1. The van der Waals surface area contributed by atoms with Crippen molar-refractivity contribution >= 4 is 39.9 Å². The van der Waals surface area contributed by atoms with Gasteiger partial charge in [0.25, 0.3) is 0 Å². The fourth-order valence-electron chi connectivity index (χ4n) is 2.65. The maximum absolute atomic E-state index is 6.35. The van der Waals surface area contributed by atoms with Gasteiger partial charge >= 0.3 is 0 Å². The second-order valence-electron chi connectivity index (χ2n) is 5.02. The summed E-state index contributed by atoms with van der Waals surface area (Å²) in [5, 5.41) is 9.34. The molecule has 0 aliphatic carbocycles. The molecule has 0 radical (unpaired) electrons. The second-order valence-corrected chi connectivity index (χ2v) is 5.87. The van der Waals surface area contributed by atoms with E-state index in [2.05, 4.69) is 10.2 Å². The lowest BCUT2D eigenvalue weighted by atomic mass is 10.0. The van der Waals surface area contributed by atoms with Gasteiger partial charge < -0.3 is 0 Å². The smallest absolute Gasteiger partial charge is 0.182 e. The number of hydrogen-bond donors (Lipinski definition) is 0. The van der Waals surface area contributed by atoms with Gasteiger partial charge in [-0.05, 0) is 25.1 Å². The molecule has 0 N–H and O–H groups in total. The molecular formula is C16H10Cl2N4. The molecular weight excluding hydrogens is 319 g/mol. The van der Waals surface area contributed by atoms with Gasteiger partial charge in [-0.3, -0.25) is 4.40 Å². The Balaban J connectivity index is 2.20. The molecule has 22 heavy (non-hydrogen) atoms. The van der Waals surface area contributed by atoms with Gasteiger partial charge in [0.05, 0.1) is 16.7 Å². The zero-order chi connectivity index (χ0) is 15.3. The fourth-order valence-corrected chi connectivity index (χ4v) is 3.10. The molecule has 2 aromatic carbocycles. The summed E-state index contributed by atoms with van der Waals surface area (Å²) in [5.74, 6) is 0. The highest BCUT2D eigenvalue weighted by molar-refractivity contribution is 6.34. The molecule has 0 spiro atoms. The Morgan fingerprint density at radius 1 is 1.05 bits per heavy atom. The summed E-state index contributed by atoms with van der Waals surface area (Å²) >= 11 is 12.7. The van der Waals surface area contributed by atoms with Crippen LogP contribution in [0.4, 0.5) is 0 Å². The molecule has 0 saturated heterocycles. The van der Waals surface area contributed by atoms with E-state index in [4.69, 9.17) is 28.2 Å². The van der Waals surface area contributed by atoms with Crippen molar-refractivity contribution < 1.29 is 0 Å². The van der Waals surface area contributed by atoms with E-state index in [-0.39, 0.29) is 0 Å². The van der Waals surface area contributed by atoms with E-state index in [0.29, 0.717) is 10.0 Å². The van der Waals surface area contributed by atoms with Crippen molar-refractivity contribution in [3.63, 3.8) is 0 Å². The quantitative estimate of drug-likeness (QED) is 0.514. The van der Waals surface area contributed by atoms with Gasteiger partial charge in [-0.25, -0.2) is 4.98 Å². The molecule has 4 rings (SSSR count). The summed E-state index contributed by atoms with van der Waals surface area (Å²) in [6.07, 6.45) is 1.67. The number of halogens is 2. The first-order valence-electron chi connectivity index (χ1n) is 6.69. The lowest BCUT2D eigenvalue weighted by Gasteiger charge is -2.11. The topological polar surface area (TPSA) is 43.1 Å². The van der Waals surface area contributed by atoms with Crippen LogP contribution in [0.15, 0.2) is 42.7 Å². The summed E-state index contributed by atoms with van der Waals surface area (Å²) in [5.41, 5.74) is 5.00. The molecule has 4 aromatic rings. The maximum atomic E-state index is 6.35. The molecule has 0 atom stereocenters. The van der Waals surface area contributed by atoms with Crippen LogP contribution >= 0.6 is 23.2 Å². The Labute approximate surface area is 136 Å². The number of fused-ring (bicyclic) bond motifs is 3. The SMILES string of the molecule is Cc1nc2c(-c3ccccc3Cl)cc(Cl)cc2n2cnnc12. The largest absolute Gasteiger partial charge is 0.278 e. The van der Waals surface area contributed by atoms with Crippen molar-refractivity contribution in [2.75, 3.05) is 0 Å². The molecule has 0 unspecified atom stereocenters. The zero-order valence-electron chi connectivity index (χ0n) is 11.6. The van der Waals surface area contributed by atoms with Crippen molar-refractivity contribution in [1.82, 2.24) is 19.6 Å². The van der Waals surface area contributed by atoms with Gasteiger partial charge in [-0.1, -0.05) is 41.4 Å². The highest BCUT2D eigenvalue weighted by Gasteiger charge is 2.14. The molecule has 2 heterocycles. The predicted molar refractivity (Wildman–Crippen MR) is 88.5 cm³/mol. The van der Waals surface area contributed by atoms with E-state index in [1.807, 2.05) is 47.7 Å². The van der Waals surface area contributed by atoms with Gasteiger partial charge in [0.1, 0.15) is 6.33 Å². The highest BCUT2D eigenvalue weighted by Crippen LogP contribution is 2.35. The van der Waals surface area contributed by atoms with Crippen LogP contribution in [-0.4, -0.2) is 19.6 Å². The second kappa shape index (κ2) is 4.93. The Morgan fingerprint density at radius 3 is 2.68 bits per heavy atom. The van der Waals surface area contributed by atoms with Crippen molar-refractivity contribution in [3.8, 4) is 11.1 Å². The molecule has 0 amide bonds. The minimum Gasteiger partial charge on any atom is -0.278 e. The average Bonchev–Trinajstić information content (AvgIpc) is 2.99. The van der Waals surface area contributed by atoms with Crippen LogP contribution in [0.1, 0.15) is 5.69 Å². The molecule has 0 saturated carbocycles. The third-order valence-electron chi connectivity index (χ3n) is 3.63. The Morgan fingerprint density at radius 2 is 1.86 bits per heavy atom. The first kappa shape index (κ1) is 13.5. The lowest BCUT2D eigenvalue weighted by molar-refractivity contribution is 1.10. The maximum Gasteiger partial charge on any atom is 0.182 e. The van der Waals surface area contributed by atoms with Gasteiger partial charge in [0, 0.05) is 21.2 Å². The van der Waals surface area contributed by atoms with Crippen LogP contribution in [-0.2, 0) is 0 Å². The lowest BCUT2D eigenvalue weighted by Crippen LogP contribution is -1.97. The molecule has 108 valence electrons. The number of hydrogen-bond acceptors (Lipinski definition) is 3. The number of rotatable bonds is 1. The average molecular weight is 329 g/mol. The molecule has 4 nitrogen and oxygen atoms in total. The summed E-state index contributed by atoms with van der Waals surface area (Å²) < 4.78 is 1.89. The van der Waals surface area contributed by atoms with E-state index in [1.54, 1.807) is 6.33 Å². The summed E-state index contributed by atoms with van der Waals surface area (Å²) in [6.45, 7) is 1.91. The Kier molecular flexibility index (Phi) is 3.03. The van der Waals surface area contributed by atoms with E-state index in [0.717, 1.165) is 33.5 Å². The van der Waals surface area contributed by atoms with Crippen molar-refractivity contribution in [1.29, 1.82) is 0 Å². The van der Waals surface area contributed by atoms with E-state index in [9.17, 15) is 0 Å². The molecule has 0 aliphatic rings. The van der Waals surface area contributed by atoms with E-state index >= 15 is 0 Å². The van der Waals surface area contributed by atoms with Crippen molar-refractivity contribution in [2.45, 2.75) is 6.92 Å². The van der Waals surface area contributed by atoms with E-state index in [1.165, 1.54) is 0 Å². The minimum absolute atomic E-state index is 0.614. The normalized spacial score (nSPS) is 11.4. The van der Waals surface area contributed by atoms with Crippen molar-refractivity contribution in [2.24, 2.45) is 0 Å². The number of aromatic nitrogens is 4.